The lowest BCUT2D eigenvalue weighted by Gasteiger charge is -2.32. The van der Waals surface area contributed by atoms with Crippen molar-refractivity contribution in [3.05, 3.63) is 60.2 Å². The van der Waals surface area contributed by atoms with Crippen molar-refractivity contribution < 1.29 is 14.6 Å². The van der Waals surface area contributed by atoms with Crippen LogP contribution in [0.15, 0.2) is 54.6 Å². The molecule has 2 aromatic rings. The number of carbonyl (C=O) groups excluding carboxylic acids is 1. The summed E-state index contributed by atoms with van der Waals surface area (Å²) in [5, 5.41) is 9.31. The number of amides is 1. The highest BCUT2D eigenvalue weighted by atomic mass is 16.5. The van der Waals surface area contributed by atoms with Crippen LogP contribution < -0.4 is 4.74 Å². The van der Waals surface area contributed by atoms with Crippen LogP contribution in [-0.2, 0) is 0 Å². The van der Waals surface area contributed by atoms with E-state index in [4.69, 9.17) is 4.74 Å². The maximum Gasteiger partial charge on any atom is 0.253 e. The number of ether oxygens (including phenoxy) is 1. The lowest BCUT2D eigenvalue weighted by atomic mass is 9.98. The van der Waals surface area contributed by atoms with E-state index in [1.807, 2.05) is 53.4 Å². The third-order valence-electron chi connectivity index (χ3n) is 4.12. The zero-order valence-electron chi connectivity index (χ0n) is 13.0. The number of para-hydroxylation sites is 1. The average Bonchev–Trinajstić information content (AvgIpc) is 2.62. The molecule has 120 valence electrons. The van der Waals surface area contributed by atoms with E-state index in [1.165, 1.54) is 0 Å². The quantitative estimate of drug-likeness (QED) is 0.942. The fraction of sp³-hybridized carbons (Fsp3) is 0.316. The van der Waals surface area contributed by atoms with Gasteiger partial charge in [0, 0.05) is 25.3 Å². The molecule has 1 atom stereocenters. The minimum atomic E-state index is 0.00154. The summed E-state index contributed by atoms with van der Waals surface area (Å²) in [6, 6.07) is 16.8. The number of piperidine rings is 1. The van der Waals surface area contributed by atoms with Gasteiger partial charge in [-0.3, -0.25) is 4.79 Å². The van der Waals surface area contributed by atoms with Crippen molar-refractivity contribution in [1.82, 2.24) is 4.90 Å². The second-order valence-electron chi connectivity index (χ2n) is 5.88. The Morgan fingerprint density at radius 2 is 1.91 bits per heavy atom. The Morgan fingerprint density at radius 3 is 2.70 bits per heavy atom. The van der Waals surface area contributed by atoms with Gasteiger partial charge < -0.3 is 14.7 Å². The summed E-state index contributed by atoms with van der Waals surface area (Å²) in [6.07, 6.45) is 1.93. The molecule has 1 N–H and O–H groups in total. The van der Waals surface area contributed by atoms with Crippen LogP contribution in [0.3, 0.4) is 0 Å². The van der Waals surface area contributed by atoms with Crippen molar-refractivity contribution in [1.29, 1.82) is 0 Å². The van der Waals surface area contributed by atoms with E-state index < -0.39 is 0 Å². The molecule has 0 aliphatic carbocycles. The molecule has 1 unspecified atom stereocenters. The zero-order chi connectivity index (χ0) is 16.1. The van der Waals surface area contributed by atoms with Crippen molar-refractivity contribution in [2.75, 3.05) is 19.7 Å². The van der Waals surface area contributed by atoms with Gasteiger partial charge >= 0.3 is 0 Å². The highest BCUT2D eigenvalue weighted by Gasteiger charge is 2.24. The maximum atomic E-state index is 12.7. The molecule has 0 aromatic heterocycles. The van der Waals surface area contributed by atoms with Gasteiger partial charge in [-0.2, -0.15) is 0 Å². The number of hydrogen-bond donors (Lipinski definition) is 1. The number of carbonyl (C=O) groups is 1. The molecule has 0 radical (unpaired) electrons. The Balaban J connectivity index is 1.72. The van der Waals surface area contributed by atoms with E-state index in [0.29, 0.717) is 17.9 Å². The van der Waals surface area contributed by atoms with Gasteiger partial charge in [0.2, 0.25) is 0 Å². The summed E-state index contributed by atoms with van der Waals surface area (Å²) in [5.41, 5.74) is 0.622. The first-order valence-electron chi connectivity index (χ1n) is 7.99. The topological polar surface area (TPSA) is 49.8 Å². The molecule has 1 fully saturated rings. The fourth-order valence-corrected chi connectivity index (χ4v) is 2.90. The molecule has 1 amide bonds. The molecule has 1 heterocycles. The third kappa shape index (κ3) is 3.90. The van der Waals surface area contributed by atoms with Crippen molar-refractivity contribution in [3.8, 4) is 11.5 Å². The second-order valence-corrected chi connectivity index (χ2v) is 5.88. The molecule has 0 saturated carbocycles. The first-order valence-corrected chi connectivity index (χ1v) is 7.99. The molecule has 4 nitrogen and oxygen atoms in total. The largest absolute Gasteiger partial charge is 0.457 e. The Bertz CT molecular complexity index is 657. The van der Waals surface area contributed by atoms with E-state index in [1.54, 1.807) is 6.07 Å². The summed E-state index contributed by atoms with van der Waals surface area (Å²) < 4.78 is 5.79. The molecule has 0 bridgehead atoms. The lowest BCUT2D eigenvalue weighted by molar-refractivity contribution is 0.0620. The average molecular weight is 311 g/mol. The van der Waals surface area contributed by atoms with Crippen LogP contribution in [0, 0.1) is 5.92 Å². The molecule has 1 aliphatic rings. The second kappa shape index (κ2) is 7.29. The van der Waals surface area contributed by atoms with Crippen LogP contribution in [0.5, 0.6) is 11.5 Å². The zero-order valence-corrected chi connectivity index (χ0v) is 13.0. The van der Waals surface area contributed by atoms with Gasteiger partial charge in [0.05, 0.1) is 0 Å². The molecular weight excluding hydrogens is 290 g/mol. The Kier molecular flexibility index (Phi) is 4.93. The van der Waals surface area contributed by atoms with E-state index in [0.717, 1.165) is 25.1 Å². The van der Waals surface area contributed by atoms with Crippen molar-refractivity contribution in [2.45, 2.75) is 12.8 Å². The molecule has 0 spiro atoms. The van der Waals surface area contributed by atoms with E-state index >= 15 is 0 Å². The summed E-state index contributed by atoms with van der Waals surface area (Å²) in [5.74, 6) is 1.59. The van der Waals surface area contributed by atoms with Gasteiger partial charge in [0.25, 0.3) is 5.91 Å². The number of aliphatic hydroxyl groups excluding tert-OH is 1. The van der Waals surface area contributed by atoms with Crippen LogP contribution >= 0.6 is 0 Å². The Morgan fingerprint density at radius 1 is 1.13 bits per heavy atom. The predicted molar refractivity (Wildman–Crippen MR) is 88.7 cm³/mol. The van der Waals surface area contributed by atoms with Gasteiger partial charge in [-0.1, -0.05) is 24.3 Å². The number of likely N-dealkylation sites (tertiary alicyclic amines) is 1. The van der Waals surface area contributed by atoms with Crippen LogP contribution in [0.2, 0.25) is 0 Å². The van der Waals surface area contributed by atoms with Crippen molar-refractivity contribution in [3.63, 3.8) is 0 Å². The van der Waals surface area contributed by atoms with Gasteiger partial charge in [0.15, 0.2) is 0 Å². The number of hydrogen-bond acceptors (Lipinski definition) is 3. The summed E-state index contributed by atoms with van der Waals surface area (Å²) in [6.45, 7) is 1.51. The molecular formula is C19H21NO3. The van der Waals surface area contributed by atoms with Crippen LogP contribution in [0.25, 0.3) is 0 Å². The monoisotopic (exact) mass is 311 g/mol. The van der Waals surface area contributed by atoms with Gasteiger partial charge in [-0.15, -0.1) is 0 Å². The third-order valence-corrected chi connectivity index (χ3v) is 4.12. The molecule has 4 heteroatoms. The van der Waals surface area contributed by atoms with Gasteiger partial charge in [-0.25, -0.2) is 0 Å². The molecule has 3 rings (SSSR count). The predicted octanol–water partition coefficient (Wildman–Crippen LogP) is 3.32. The smallest absolute Gasteiger partial charge is 0.253 e. The number of aliphatic hydroxyl groups is 1. The lowest BCUT2D eigenvalue weighted by Crippen LogP contribution is -2.40. The van der Waals surface area contributed by atoms with E-state index in [9.17, 15) is 9.90 Å². The van der Waals surface area contributed by atoms with Crippen LogP contribution in [-0.4, -0.2) is 35.6 Å². The maximum absolute atomic E-state index is 12.7. The van der Waals surface area contributed by atoms with Crippen molar-refractivity contribution >= 4 is 5.91 Å². The number of nitrogens with zero attached hydrogens (tertiary/aromatic N) is 1. The minimum absolute atomic E-state index is 0.00154. The van der Waals surface area contributed by atoms with E-state index in [-0.39, 0.29) is 18.4 Å². The summed E-state index contributed by atoms with van der Waals surface area (Å²) in [7, 11) is 0. The number of benzene rings is 2. The van der Waals surface area contributed by atoms with Crippen molar-refractivity contribution in [2.24, 2.45) is 5.92 Å². The van der Waals surface area contributed by atoms with Crippen LogP contribution in [0.1, 0.15) is 23.2 Å². The van der Waals surface area contributed by atoms with Crippen LogP contribution in [0.4, 0.5) is 0 Å². The molecule has 2 aromatic carbocycles. The van der Waals surface area contributed by atoms with Gasteiger partial charge in [0.1, 0.15) is 11.5 Å². The first kappa shape index (κ1) is 15.6. The molecule has 23 heavy (non-hydrogen) atoms. The fourth-order valence-electron chi connectivity index (χ4n) is 2.90. The minimum Gasteiger partial charge on any atom is -0.457 e. The van der Waals surface area contributed by atoms with E-state index in [2.05, 4.69) is 0 Å². The summed E-state index contributed by atoms with van der Waals surface area (Å²) in [4.78, 5) is 14.5. The standard InChI is InChI=1S/C19H21NO3/c21-14-15-6-5-11-20(13-15)19(22)16-7-4-10-18(12-16)23-17-8-2-1-3-9-17/h1-4,7-10,12,15,21H,5-6,11,13-14H2. The number of rotatable bonds is 4. The SMILES string of the molecule is O=C(c1cccc(Oc2ccccc2)c1)N1CCCC(CO)C1. The van der Waals surface area contributed by atoms with Gasteiger partial charge in [-0.05, 0) is 49.1 Å². The Hall–Kier alpha value is -2.33. The summed E-state index contributed by atoms with van der Waals surface area (Å²) >= 11 is 0. The first-order chi connectivity index (χ1) is 11.3. The highest BCUT2D eigenvalue weighted by molar-refractivity contribution is 5.94. The molecule has 1 saturated heterocycles. The Labute approximate surface area is 136 Å². The molecule has 1 aliphatic heterocycles. The highest BCUT2D eigenvalue weighted by Crippen LogP contribution is 2.24. The normalized spacial score (nSPS) is 17.8.